The van der Waals surface area contributed by atoms with Gasteiger partial charge in [-0.3, -0.25) is 4.79 Å². The number of rotatable bonds is 4. The van der Waals surface area contributed by atoms with Crippen molar-refractivity contribution in [1.29, 1.82) is 0 Å². The SMILES string of the molecule is Cc1cc(C)cc(N2CC(c3nc(-c4ccc(N(C)C)cc4)no3)CC2=O)c1. The zero-order valence-corrected chi connectivity index (χ0v) is 16.6. The minimum absolute atomic E-state index is 0.0874. The van der Waals surface area contributed by atoms with Crippen LogP contribution in [0.15, 0.2) is 47.0 Å². The Kier molecular flexibility index (Phi) is 4.63. The number of hydrogen-bond donors (Lipinski definition) is 0. The Hall–Kier alpha value is -3.15. The Bertz CT molecular complexity index is 987. The number of aromatic nitrogens is 2. The van der Waals surface area contributed by atoms with Crippen molar-refractivity contribution in [3.8, 4) is 11.4 Å². The van der Waals surface area contributed by atoms with Crippen LogP contribution in [0.4, 0.5) is 11.4 Å². The molecule has 3 aromatic rings. The first kappa shape index (κ1) is 18.2. The van der Waals surface area contributed by atoms with Crippen molar-refractivity contribution in [2.24, 2.45) is 0 Å². The summed E-state index contributed by atoms with van der Waals surface area (Å²) < 4.78 is 5.51. The molecule has 1 aliphatic heterocycles. The van der Waals surface area contributed by atoms with Crippen LogP contribution < -0.4 is 9.80 Å². The number of amides is 1. The molecule has 6 heteroatoms. The molecule has 1 fully saturated rings. The van der Waals surface area contributed by atoms with Gasteiger partial charge in [-0.25, -0.2) is 0 Å². The first-order chi connectivity index (χ1) is 13.4. The van der Waals surface area contributed by atoms with Crippen LogP contribution in [-0.2, 0) is 4.79 Å². The van der Waals surface area contributed by atoms with Crippen molar-refractivity contribution in [3.63, 3.8) is 0 Å². The van der Waals surface area contributed by atoms with Gasteiger partial charge in [-0.2, -0.15) is 4.98 Å². The average Bonchev–Trinajstić information content (AvgIpc) is 3.28. The van der Waals surface area contributed by atoms with Crippen LogP contribution in [0.2, 0.25) is 0 Å². The van der Waals surface area contributed by atoms with Gasteiger partial charge in [0.05, 0.1) is 5.92 Å². The second-order valence-electron chi connectivity index (χ2n) is 7.65. The van der Waals surface area contributed by atoms with E-state index in [-0.39, 0.29) is 11.8 Å². The third-order valence-corrected chi connectivity index (χ3v) is 5.08. The fourth-order valence-corrected chi connectivity index (χ4v) is 3.66. The predicted molar refractivity (Wildman–Crippen MR) is 110 cm³/mol. The van der Waals surface area contributed by atoms with Gasteiger partial charge in [-0.15, -0.1) is 0 Å². The number of carbonyl (C=O) groups is 1. The summed E-state index contributed by atoms with van der Waals surface area (Å²) in [7, 11) is 4.00. The van der Waals surface area contributed by atoms with Gasteiger partial charge in [-0.05, 0) is 61.4 Å². The van der Waals surface area contributed by atoms with E-state index in [4.69, 9.17) is 4.52 Å². The van der Waals surface area contributed by atoms with E-state index < -0.39 is 0 Å². The lowest BCUT2D eigenvalue weighted by atomic mass is 10.1. The van der Waals surface area contributed by atoms with E-state index in [0.717, 1.165) is 28.1 Å². The molecule has 1 saturated heterocycles. The lowest BCUT2D eigenvalue weighted by Gasteiger charge is -2.17. The highest BCUT2D eigenvalue weighted by Gasteiger charge is 2.35. The normalized spacial score (nSPS) is 16.6. The zero-order chi connectivity index (χ0) is 19.8. The maximum absolute atomic E-state index is 12.6. The molecular formula is C22H24N4O2. The van der Waals surface area contributed by atoms with Crippen LogP contribution in [0.5, 0.6) is 0 Å². The van der Waals surface area contributed by atoms with E-state index in [2.05, 4.69) is 16.2 Å². The lowest BCUT2D eigenvalue weighted by molar-refractivity contribution is -0.117. The molecule has 0 aliphatic carbocycles. The van der Waals surface area contributed by atoms with E-state index in [1.165, 1.54) is 0 Å². The molecule has 1 amide bonds. The smallest absolute Gasteiger partial charge is 0.232 e. The second kappa shape index (κ2) is 7.11. The van der Waals surface area contributed by atoms with Crippen molar-refractivity contribution in [2.75, 3.05) is 30.4 Å². The molecular weight excluding hydrogens is 352 g/mol. The third kappa shape index (κ3) is 3.50. The molecule has 0 spiro atoms. The van der Waals surface area contributed by atoms with Crippen LogP contribution in [0.1, 0.15) is 29.4 Å². The van der Waals surface area contributed by atoms with Crippen LogP contribution in [0.3, 0.4) is 0 Å². The Balaban J connectivity index is 1.53. The first-order valence-electron chi connectivity index (χ1n) is 9.41. The van der Waals surface area contributed by atoms with Gasteiger partial charge in [0.2, 0.25) is 17.6 Å². The molecule has 6 nitrogen and oxygen atoms in total. The topological polar surface area (TPSA) is 62.5 Å². The summed E-state index contributed by atoms with van der Waals surface area (Å²) in [6, 6.07) is 14.2. The maximum Gasteiger partial charge on any atom is 0.232 e. The monoisotopic (exact) mass is 376 g/mol. The Labute approximate surface area is 164 Å². The van der Waals surface area contributed by atoms with E-state index in [9.17, 15) is 4.79 Å². The Morgan fingerprint density at radius 1 is 1.07 bits per heavy atom. The molecule has 1 atom stereocenters. The summed E-state index contributed by atoms with van der Waals surface area (Å²) in [4.78, 5) is 21.0. The maximum atomic E-state index is 12.6. The molecule has 0 radical (unpaired) electrons. The first-order valence-corrected chi connectivity index (χ1v) is 9.41. The highest BCUT2D eigenvalue weighted by Crippen LogP contribution is 2.33. The van der Waals surface area contributed by atoms with E-state index in [0.29, 0.717) is 24.7 Å². The van der Waals surface area contributed by atoms with Crippen molar-refractivity contribution < 1.29 is 9.32 Å². The van der Waals surface area contributed by atoms with E-state index >= 15 is 0 Å². The highest BCUT2D eigenvalue weighted by molar-refractivity contribution is 5.96. The molecule has 0 saturated carbocycles. The van der Waals surface area contributed by atoms with Crippen molar-refractivity contribution in [3.05, 3.63) is 59.5 Å². The summed E-state index contributed by atoms with van der Waals surface area (Å²) in [5.41, 5.74) is 5.23. The van der Waals surface area contributed by atoms with Crippen LogP contribution in [0, 0.1) is 13.8 Å². The number of carbonyl (C=O) groups excluding carboxylic acids is 1. The second-order valence-corrected chi connectivity index (χ2v) is 7.65. The van der Waals surface area contributed by atoms with Gasteiger partial charge in [0, 0.05) is 44.0 Å². The third-order valence-electron chi connectivity index (χ3n) is 5.08. The Morgan fingerprint density at radius 3 is 2.39 bits per heavy atom. The Morgan fingerprint density at radius 2 is 1.75 bits per heavy atom. The van der Waals surface area contributed by atoms with Gasteiger partial charge < -0.3 is 14.3 Å². The average molecular weight is 376 g/mol. The quantitative estimate of drug-likeness (QED) is 0.690. The fraction of sp³-hybridized carbons (Fsp3) is 0.318. The van der Waals surface area contributed by atoms with Gasteiger partial charge >= 0.3 is 0 Å². The molecule has 2 heterocycles. The number of nitrogens with zero attached hydrogens (tertiary/aromatic N) is 4. The number of anilines is 2. The summed E-state index contributed by atoms with van der Waals surface area (Å²) in [5, 5.41) is 4.13. The summed E-state index contributed by atoms with van der Waals surface area (Å²) >= 11 is 0. The van der Waals surface area contributed by atoms with Crippen LogP contribution in [0.25, 0.3) is 11.4 Å². The molecule has 0 N–H and O–H groups in total. The molecule has 144 valence electrons. The summed E-state index contributed by atoms with van der Waals surface area (Å²) in [6.45, 7) is 4.64. The zero-order valence-electron chi connectivity index (χ0n) is 16.6. The molecule has 4 rings (SSSR count). The molecule has 1 aromatic heterocycles. The van der Waals surface area contributed by atoms with E-state index in [1.54, 1.807) is 0 Å². The number of hydrogen-bond acceptors (Lipinski definition) is 5. The predicted octanol–water partition coefficient (Wildman–Crippen LogP) is 3.94. The lowest BCUT2D eigenvalue weighted by Crippen LogP contribution is -2.24. The molecule has 28 heavy (non-hydrogen) atoms. The van der Waals surface area contributed by atoms with Crippen molar-refractivity contribution in [1.82, 2.24) is 10.1 Å². The minimum Gasteiger partial charge on any atom is -0.378 e. The summed E-state index contributed by atoms with van der Waals surface area (Å²) in [6.07, 6.45) is 0.383. The van der Waals surface area contributed by atoms with Crippen molar-refractivity contribution >= 4 is 17.3 Å². The number of aryl methyl sites for hydroxylation is 2. The standard InChI is InChI=1S/C22H24N4O2/c1-14-9-15(2)11-19(10-14)26-13-17(12-20(26)27)22-23-21(24-28-22)16-5-7-18(8-6-16)25(3)4/h5-11,17H,12-13H2,1-4H3. The largest absolute Gasteiger partial charge is 0.378 e. The van der Waals surface area contributed by atoms with Crippen molar-refractivity contribution in [2.45, 2.75) is 26.2 Å². The molecule has 1 unspecified atom stereocenters. The molecule has 0 bridgehead atoms. The van der Waals surface area contributed by atoms with Crippen LogP contribution >= 0.6 is 0 Å². The van der Waals surface area contributed by atoms with Gasteiger partial charge in [0.1, 0.15) is 0 Å². The highest BCUT2D eigenvalue weighted by atomic mass is 16.5. The fourth-order valence-electron chi connectivity index (χ4n) is 3.66. The molecule has 1 aliphatic rings. The van der Waals surface area contributed by atoms with Gasteiger partial charge in [-0.1, -0.05) is 11.2 Å². The van der Waals surface area contributed by atoms with Gasteiger partial charge in [0.15, 0.2) is 0 Å². The van der Waals surface area contributed by atoms with Crippen LogP contribution in [-0.4, -0.2) is 36.7 Å². The molecule has 2 aromatic carbocycles. The number of benzene rings is 2. The van der Waals surface area contributed by atoms with E-state index in [1.807, 2.05) is 74.1 Å². The minimum atomic E-state index is -0.0874. The summed E-state index contributed by atoms with van der Waals surface area (Å²) in [5.74, 6) is 1.07. The van der Waals surface area contributed by atoms with Gasteiger partial charge in [0.25, 0.3) is 0 Å².